The van der Waals surface area contributed by atoms with Crippen molar-refractivity contribution < 1.29 is 17.7 Å². The Balaban J connectivity index is 2.18. The minimum absolute atomic E-state index is 0.104. The van der Waals surface area contributed by atoms with Gasteiger partial charge in [0.25, 0.3) is 5.91 Å². The number of hydrogen-bond donors (Lipinski definition) is 1. The van der Waals surface area contributed by atoms with Crippen molar-refractivity contribution in [3.05, 3.63) is 52.4 Å². The number of rotatable bonds is 5. The lowest BCUT2D eigenvalue weighted by Gasteiger charge is -2.08. The molecule has 0 bridgehead atoms. The molecule has 0 spiro atoms. The standard InChI is InChI=1S/C16H17N3O4S/c1-10(2)15-14(11(3)18-23-15)16(20)19-24(21,22)9-13-6-4-12(8-17)5-7-13/h4-7,10H,9H2,1-3H3,(H,19,20). The lowest BCUT2D eigenvalue weighted by Crippen LogP contribution is -2.32. The van der Waals surface area contributed by atoms with Crippen LogP contribution in [0.5, 0.6) is 0 Å². The Morgan fingerprint density at radius 2 is 1.96 bits per heavy atom. The maximum atomic E-state index is 12.3. The smallest absolute Gasteiger partial charge is 0.270 e. The van der Waals surface area contributed by atoms with Crippen molar-refractivity contribution in [2.75, 3.05) is 0 Å². The number of amides is 1. The number of nitrogens with one attached hydrogen (secondary N) is 1. The van der Waals surface area contributed by atoms with E-state index in [2.05, 4.69) is 5.16 Å². The largest absolute Gasteiger partial charge is 0.360 e. The average molecular weight is 347 g/mol. The molecule has 2 rings (SSSR count). The van der Waals surface area contributed by atoms with Gasteiger partial charge in [0.15, 0.2) is 5.76 Å². The molecule has 7 nitrogen and oxygen atoms in total. The monoisotopic (exact) mass is 347 g/mol. The molecule has 0 unspecified atom stereocenters. The second-order valence-electron chi connectivity index (χ2n) is 5.66. The second kappa shape index (κ2) is 6.84. The molecule has 0 radical (unpaired) electrons. The highest BCUT2D eigenvalue weighted by atomic mass is 32.2. The van der Waals surface area contributed by atoms with Gasteiger partial charge in [0.05, 0.1) is 23.1 Å². The topological polar surface area (TPSA) is 113 Å². The van der Waals surface area contributed by atoms with Gasteiger partial charge in [0.2, 0.25) is 10.0 Å². The van der Waals surface area contributed by atoms with Gasteiger partial charge >= 0.3 is 0 Å². The predicted molar refractivity (Wildman–Crippen MR) is 86.6 cm³/mol. The number of carbonyl (C=O) groups is 1. The fraction of sp³-hybridized carbons (Fsp3) is 0.312. The van der Waals surface area contributed by atoms with Crippen LogP contribution in [-0.2, 0) is 15.8 Å². The van der Waals surface area contributed by atoms with E-state index in [4.69, 9.17) is 9.78 Å². The summed E-state index contributed by atoms with van der Waals surface area (Å²) in [5.74, 6) is -0.885. The van der Waals surface area contributed by atoms with Crippen LogP contribution in [-0.4, -0.2) is 19.5 Å². The minimum Gasteiger partial charge on any atom is -0.360 e. The number of sulfonamides is 1. The molecule has 0 atom stereocenters. The molecule has 1 aromatic carbocycles. The molecule has 24 heavy (non-hydrogen) atoms. The maximum absolute atomic E-state index is 12.3. The fourth-order valence-corrected chi connectivity index (χ4v) is 3.27. The number of carbonyl (C=O) groups excluding carboxylic acids is 1. The van der Waals surface area contributed by atoms with Crippen LogP contribution < -0.4 is 4.72 Å². The molecule has 1 amide bonds. The summed E-state index contributed by atoms with van der Waals surface area (Å²) in [5, 5.41) is 12.5. The van der Waals surface area contributed by atoms with E-state index < -0.39 is 15.9 Å². The van der Waals surface area contributed by atoms with Gasteiger partial charge in [-0.1, -0.05) is 31.1 Å². The average Bonchev–Trinajstić information content (AvgIpc) is 2.89. The second-order valence-corrected chi connectivity index (χ2v) is 7.38. The van der Waals surface area contributed by atoms with Gasteiger partial charge in [-0.15, -0.1) is 0 Å². The van der Waals surface area contributed by atoms with Crippen molar-refractivity contribution >= 4 is 15.9 Å². The Morgan fingerprint density at radius 3 is 2.50 bits per heavy atom. The summed E-state index contributed by atoms with van der Waals surface area (Å²) >= 11 is 0. The summed E-state index contributed by atoms with van der Waals surface area (Å²) in [4.78, 5) is 12.3. The van der Waals surface area contributed by atoms with E-state index in [9.17, 15) is 13.2 Å². The number of aryl methyl sites for hydroxylation is 1. The summed E-state index contributed by atoms with van der Waals surface area (Å²) in [6.07, 6.45) is 0. The Morgan fingerprint density at radius 1 is 1.33 bits per heavy atom. The van der Waals surface area contributed by atoms with E-state index in [0.717, 1.165) is 0 Å². The molecule has 0 fully saturated rings. The quantitative estimate of drug-likeness (QED) is 0.887. The van der Waals surface area contributed by atoms with Gasteiger partial charge < -0.3 is 4.52 Å². The summed E-state index contributed by atoms with van der Waals surface area (Å²) in [6, 6.07) is 8.07. The molecule has 0 saturated carbocycles. The van der Waals surface area contributed by atoms with Crippen molar-refractivity contribution in [2.45, 2.75) is 32.4 Å². The summed E-state index contributed by atoms with van der Waals surface area (Å²) < 4.78 is 31.5. The van der Waals surface area contributed by atoms with Crippen LogP contribution >= 0.6 is 0 Å². The van der Waals surface area contributed by atoms with Crippen molar-refractivity contribution in [3.63, 3.8) is 0 Å². The Labute approximate surface area is 140 Å². The summed E-state index contributed by atoms with van der Waals surface area (Å²) in [5.41, 5.74) is 1.39. The Kier molecular flexibility index (Phi) is 5.04. The van der Waals surface area contributed by atoms with E-state index >= 15 is 0 Å². The van der Waals surface area contributed by atoms with Crippen molar-refractivity contribution in [2.24, 2.45) is 0 Å². The normalized spacial score (nSPS) is 11.3. The fourth-order valence-electron chi connectivity index (χ4n) is 2.18. The lowest BCUT2D eigenvalue weighted by molar-refractivity contribution is 0.0978. The van der Waals surface area contributed by atoms with Crippen molar-refractivity contribution in [1.29, 1.82) is 5.26 Å². The number of aromatic nitrogens is 1. The van der Waals surface area contributed by atoms with Crippen LogP contribution in [0.15, 0.2) is 28.8 Å². The van der Waals surface area contributed by atoms with E-state index in [1.165, 1.54) is 24.3 Å². The highest BCUT2D eigenvalue weighted by molar-refractivity contribution is 7.89. The van der Waals surface area contributed by atoms with Crippen LogP contribution in [0.3, 0.4) is 0 Å². The summed E-state index contributed by atoms with van der Waals surface area (Å²) in [7, 11) is -3.89. The highest BCUT2D eigenvalue weighted by Crippen LogP contribution is 2.22. The first-order chi connectivity index (χ1) is 11.2. The lowest BCUT2D eigenvalue weighted by atomic mass is 10.1. The number of nitrogens with zero attached hydrogens (tertiary/aromatic N) is 2. The van der Waals surface area contributed by atoms with Crippen LogP contribution in [0.1, 0.15) is 52.7 Å². The zero-order valence-corrected chi connectivity index (χ0v) is 14.3. The molecule has 0 aliphatic carbocycles. The van der Waals surface area contributed by atoms with E-state index in [1.54, 1.807) is 6.92 Å². The number of hydrogen-bond acceptors (Lipinski definition) is 6. The molecule has 1 heterocycles. The third kappa shape index (κ3) is 4.00. The Hall–Kier alpha value is -2.66. The van der Waals surface area contributed by atoms with Crippen LogP contribution in [0.25, 0.3) is 0 Å². The molecule has 8 heteroatoms. The summed E-state index contributed by atoms with van der Waals surface area (Å²) in [6.45, 7) is 5.22. The highest BCUT2D eigenvalue weighted by Gasteiger charge is 2.26. The van der Waals surface area contributed by atoms with Crippen LogP contribution in [0, 0.1) is 18.3 Å². The maximum Gasteiger partial charge on any atom is 0.270 e. The van der Waals surface area contributed by atoms with E-state index in [0.29, 0.717) is 22.6 Å². The Bertz CT molecular complexity index is 890. The van der Waals surface area contributed by atoms with Gasteiger partial charge in [-0.05, 0) is 24.6 Å². The van der Waals surface area contributed by atoms with Gasteiger partial charge in [0.1, 0.15) is 5.56 Å². The minimum atomic E-state index is -3.89. The number of nitriles is 1. The third-order valence-corrected chi connectivity index (χ3v) is 4.54. The molecule has 126 valence electrons. The first kappa shape index (κ1) is 17.7. The van der Waals surface area contributed by atoms with Crippen molar-refractivity contribution in [1.82, 2.24) is 9.88 Å². The molecule has 0 aliphatic heterocycles. The molecular weight excluding hydrogens is 330 g/mol. The van der Waals surface area contributed by atoms with Crippen LogP contribution in [0.2, 0.25) is 0 Å². The molecule has 1 N–H and O–H groups in total. The SMILES string of the molecule is Cc1noc(C(C)C)c1C(=O)NS(=O)(=O)Cc1ccc(C#N)cc1. The van der Waals surface area contributed by atoms with Gasteiger partial charge in [0, 0.05) is 5.92 Å². The molecule has 0 saturated heterocycles. The van der Waals surface area contributed by atoms with Gasteiger partial charge in [-0.3, -0.25) is 4.79 Å². The molecule has 1 aromatic heterocycles. The van der Waals surface area contributed by atoms with Crippen LogP contribution in [0.4, 0.5) is 0 Å². The van der Waals surface area contributed by atoms with Gasteiger partial charge in [-0.25, -0.2) is 13.1 Å². The number of benzene rings is 1. The zero-order chi connectivity index (χ0) is 17.9. The molecule has 0 aliphatic rings. The van der Waals surface area contributed by atoms with E-state index in [-0.39, 0.29) is 17.2 Å². The molecular formula is C16H17N3O4S. The first-order valence-corrected chi connectivity index (χ1v) is 8.88. The first-order valence-electron chi connectivity index (χ1n) is 7.23. The molecule has 2 aromatic rings. The zero-order valence-electron chi connectivity index (χ0n) is 13.5. The third-order valence-electron chi connectivity index (χ3n) is 3.33. The van der Waals surface area contributed by atoms with E-state index in [1.807, 2.05) is 24.6 Å². The van der Waals surface area contributed by atoms with Crippen molar-refractivity contribution in [3.8, 4) is 6.07 Å². The predicted octanol–water partition coefficient (Wildman–Crippen LogP) is 2.24. The van der Waals surface area contributed by atoms with Gasteiger partial charge in [-0.2, -0.15) is 5.26 Å².